The molecule has 2 aromatic rings. The highest BCUT2D eigenvalue weighted by molar-refractivity contribution is 5.46. The van der Waals surface area contributed by atoms with Gasteiger partial charge in [0.05, 0.1) is 32.2 Å². The lowest BCUT2D eigenvalue weighted by molar-refractivity contribution is -0.926. The second kappa shape index (κ2) is 6.32. The third-order valence-corrected chi connectivity index (χ3v) is 5.52. The number of halogens is 1. The summed E-state index contributed by atoms with van der Waals surface area (Å²) in [7, 11) is 0. The molecule has 0 amide bonds. The summed E-state index contributed by atoms with van der Waals surface area (Å²) in [5, 5.41) is 0. The van der Waals surface area contributed by atoms with E-state index in [9.17, 15) is 4.39 Å². The Labute approximate surface area is 137 Å². The van der Waals surface area contributed by atoms with Crippen LogP contribution in [0, 0.1) is 5.82 Å². The highest BCUT2D eigenvalue weighted by atomic mass is 19.1. The zero-order valence-corrected chi connectivity index (χ0v) is 13.5. The van der Waals surface area contributed by atoms with Gasteiger partial charge in [-0.1, -0.05) is 24.3 Å². The SMILES string of the molecule is Fc1ccc(N2CC[NH+]([C@H]3CCc4ccccc4C3)CC2)cc1. The van der Waals surface area contributed by atoms with E-state index in [1.165, 1.54) is 32.4 Å². The number of quaternary nitrogens is 1. The van der Waals surface area contributed by atoms with Crippen molar-refractivity contribution in [2.24, 2.45) is 0 Å². The van der Waals surface area contributed by atoms with Crippen LogP contribution in [-0.2, 0) is 12.8 Å². The Kier molecular flexibility index (Phi) is 4.04. The Morgan fingerprint density at radius 3 is 2.35 bits per heavy atom. The summed E-state index contributed by atoms with van der Waals surface area (Å²) < 4.78 is 13.1. The third kappa shape index (κ3) is 3.11. The zero-order valence-electron chi connectivity index (χ0n) is 13.5. The first-order valence-electron chi connectivity index (χ1n) is 8.71. The Morgan fingerprint density at radius 2 is 1.61 bits per heavy atom. The number of hydrogen-bond acceptors (Lipinski definition) is 1. The predicted molar refractivity (Wildman–Crippen MR) is 91.6 cm³/mol. The van der Waals surface area contributed by atoms with Gasteiger partial charge in [-0.05, 0) is 41.8 Å². The number of nitrogens with zero attached hydrogens (tertiary/aromatic N) is 1. The molecule has 1 fully saturated rings. The molecule has 0 unspecified atom stereocenters. The van der Waals surface area contributed by atoms with Gasteiger partial charge in [-0.15, -0.1) is 0 Å². The highest BCUT2D eigenvalue weighted by Gasteiger charge is 2.30. The Hall–Kier alpha value is -1.87. The van der Waals surface area contributed by atoms with Gasteiger partial charge in [0, 0.05) is 18.5 Å². The number of fused-ring (bicyclic) bond motifs is 1. The summed E-state index contributed by atoms with van der Waals surface area (Å²) in [6, 6.07) is 16.6. The van der Waals surface area contributed by atoms with Crippen molar-refractivity contribution in [3.63, 3.8) is 0 Å². The zero-order chi connectivity index (χ0) is 15.6. The first-order chi connectivity index (χ1) is 11.3. The van der Waals surface area contributed by atoms with Crippen LogP contribution in [0.15, 0.2) is 48.5 Å². The van der Waals surface area contributed by atoms with Crippen LogP contribution in [-0.4, -0.2) is 32.2 Å². The molecule has 0 radical (unpaired) electrons. The standard InChI is InChI=1S/C20H23FN2/c21-18-6-9-19(10-7-18)22-11-13-23(14-12-22)20-8-5-16-3-1-2-4-17(16)15-20/h1-4,6-7,9-10,20H,5,8,11-15H2/p+1/t20-/m0/s1. The minimum Gasteiger partial charge on any atom is -0.360 e. The normalized spacial score (nSPS) is 22.0. The molecule has 0 aromatic heterocycles. The number of piperazine rings is 1. The number of anilines is 1. The van der Waals surface area contributed by atoms with E-state index in [0.717, 1.165) is 24.8 Å². The Balaban J connectivity index is 1.38. The maximum atomic E-state index is 13.1. The van der Waals surface area contributed by atoms with Crippen molar-refractivity contribution in [2.45, 2.75) is 25.3 Å². The molecule has 3 heteroatoms. The lowest BCUT2D eigenvalue weighted by Gasteiger charge is -2.39. The molecule has 120 valence electrons. The van der Waals surface area contributed by atoms with Crippen molar-refractivity contribution in [2.75, 3.05) is 31.1 Å². The molecule has 1 atom stereocenters. The molecule has 2 nitrogen and oxygen atoms in total. The van der Waals surface area contributed by atoms with E-state index in [2.05, 4.69) is 29.2 Å². The van der Waals surface area contributed by atoms with E-state index in [0.29, 0.717) is 0 Å². The molecule has 4 rings (SSSR count). The van der Waals surface area contributed by atoms with Crippen LogP contribution >= 0.6 is 0 Å². The average molecular weight is 311 g/mol. The van der Waals surface area contributed by atoms with Gasteiger partial charge in [-0.25, -0.2) is 4.39 Å². The summed E-state index contributed by atoms with van der Waals surface area (Å²) in [6.07, 6.45) is 3.76. The van der Waals surface area contributed by atoms with Crippen LogP contribution in [0.3, 0.4) is 0 Å². The van der Waals surface area contributed by atoms with Crippen molar-refractivity contribution >= 4 is 5.69 Å². The topological polar surface area (TPSA) is 7.68 Å². The molecule has 1 aliphatic heterocycles. The minimum atomic E-state index is -0.154. The lowest BCUT2D eigenvalue weighted by Crippen LogP contribution is -3.18. The maximum absolute atomic E-state index is 13.1. The number of rotatable bonds is 2. The van der Waals surface area contributed by atoms with Gasteiger partial charge in [0.1, 0.15) is 5.82 Å². The maximum Gasteiger partial charge on any atom is 0.123 e. The van der Waals surface area contributed by atoms with Gasteiger partial charge >= 0.3 is 0 Å². The van der Waals surface area contributed by atoms with Crippen LogP contribution in [0.5, 0.6) is 0 Å². The van der Waals surface area contributed by atoms with E-state index < -0.39 is 0 Å². The number of benzene rings is 2. The van der Waals surface area contributed by atoms with Crippen molar-refractivity contribution in [3.05, 3.63) is 65.5 Å². The second-order valence-electron chi connectivity index (χ2n) is 6.83. The van der Waals surface area contributed by atoms with Crippen LogP contribution in [0.25, 0.3) is 0 Å². The largest absolute Gasteiger partial charge is 0.360 e. The monoisotopic (exact) mass is 311 g/mol. The van der Waals surface area contributed by atoms with Gasteiger partial charge in [-0.3, -0.25) is 0 Å². The summed E-state index contributed by atoms with van der Waals surface area (Å²) in [6.45, 7) is 4.51. The van der Waals surface area contributed by atoms with Gasteiger partial charge in [0.25, 0.3) is 0 Å². The van der Waals surface area contributed by atoms with E-state index in [-0.39, 0.29) is 5.82 Å². The Bertz CT molecular complexity index is 660. The molecular weight excluding hydrogens is 287 g/mol. The van der Waals surface area contributed by atoms with Crippen molar-refractivity contribution in [1.29, 1.82) is 0 Å². The van der Waals surface area contributed by atoms with Gasteiger partial charge in [-0.2, -0.15) is 0 Å². The first kappa shape index (κ1) is 14.7. The smallest absolute Gasteiger partial charge is 0.123 e. The van der Waals surface area contributed by atoms with Crippen LogP contribution in [0.2, 0.25) is 0 Å². The van der Waals surface area contributed by atoms with Gasteiger partial charge < -0.3 is 9.80 Å². The van der Waals surface area contributed by atoms with E-state index in [4.69, 9.17) is 0 Å². The van der Waals surface area contributed by atoms with E-state index >= 15 is 0 Å². The molecule has 1 heterocycles. The van der Waals surface area contributed by atoms with Crippen molar-refractivity contribution in [1.82, 2.24) is 0 Å². The van der Waals surface area contributed by atoms with Crippen LogP contribution < -0.4 is 9.80 Å². The summed E-state index contributed by atoms with van der Waals surface area (Å²) >= 11 is 0. The van der Waals surface area contributed by atoms with Crippen LogP contribution in [0.1, 0.15) is 17.5 Å². The minimum absolute atomic E-state index is 0.154. The molecule has 1 saturated heterocycles. The molecule has 2 aromatic carbocycles. The number of aryl methyl sites for hydroxylation is 1. The summed E-state index contributed by atoms with van der Waals surface area (Å²) in [4.78, 5) is 4.14. The molecule has 1 N–H and O–H groups in total. The molecular formula is C20H24FN2+. The lowest BCUT2D eigenvalue weighted by atomic mass is 9.87. The molecule has 23 heavy (non-hydrogen) atoms. The van der Waals surface area contributed by atoms with Crippen LogP contribution in [0.4, 0.5) is 10.1 Å². The predicted octanol–water partition coefficient (Wildman–Crippen LogP) is 2.09. The molecule has 2 aliphatic rings. The molecule has 0 spiro atoms. The quantitative estimate of drug-likeness (QED) is 0.892. The molecule has 1 aliphatic carbocycles. The number of hydrogen-bond donors (Lipinski definition) is 1. The third-order valence-electron chi connectivity index (χ3n) is 5.52. The average Bonchev–Trinajstić information content (AvgIpc) is 2.62. The van der Waals surface area contributed by atoms with E-state index in [1.54, 1.807) is 28.2 Å². The second-order valence-corrected chi connectivity index (χ2v) is 6.83. The first-order valence-corrected chi connectivity index (χ1v) is 8.71. The fourth-order valence-electron chi connectivity index (χ4n) is 4.16. The fraction of sp³-hybridized carbons (Fsp3) is 0.400. The van der Waals surface area contributed by atoms with Gasteiger partial charge in [0.15, 0.2) is 0 Å². The number of nitrogens with one attached hydrogen (secondary N) is 1. The highest BCUT2D eigenvalue weighted by Crippen LogP contribution is 2.20. The Morgan fingerprint density at radius 1 is 0.913 bits per heavy atom. The molecule has 0 saturated carbocycles. The molecule has 0 bridgehead atoms. The van der Waals surface area contributed by atoms with Gasteiger partial charge in [0.2, 0.25) is 0 Å². The van der Waals surface area contributed by atoms with Crippen molar-refractivity contribution in [3.8, 4) is 0 Å². The summed E-state index contributed by atoms with van der Waals surface area (Å²) in [5.74, 6) is -0.154. The fourth-order valence-corrected chi connectivity index (χ4v) is 4.16. The van der Waals surface area contributed by atoms with E-state index in [1.807, 2.05) is 12.1 Å². The van der Waals surface area contributed by atoms with Crippen molar-refractivity contribution < 1.29 is 9.29 Å². The summed E-state index contributed by atoms with van der Waals surface area (Å²) in [5.41, 5.74) is 4.25.